The van der Waals surface area contributed by atoms with Crippen molar-refractivity contribution in [2.24, 2.45) is 11.8 Å². The van der Waals surface area contributed by atoms with Gasteiger partial charge >= 0.3 is 5.97 Å². The first-order valence-corrected chi connectivity index (χ1v) is 11.6. The molecule has 0 radical (unpaired) electrons. The van der Waals surface area contributed by atoms with Crippen LogP contribution < -0.4 is 4.90 Å². The number of halogens is 1. The Morgan fingerprint density at radius 1 is 1.42 bits per heavy atom. The number of ether oxygens (including phenoxy) is 2. The predicted molar refractivity (Wildman–Crippen MR) is 122 cm³/mol. The maximum atomic E-state index is 14.1. The fraction of sp³-hybridized carbons (Fsp3) is 0.542. The number of rotatable bonds is 8. The van der Waals surface area contributed by atoms with E-state index in [2.05, 4.69) is 6.58 Å². The van der Waals surface area contributed by atoms with E-state index < -0.39 is 41.6 Å². The molecule has 1 spiro atoms. The van der Waals surface area contributed by atoms with Crippen LogP contribution in [0.25, 0.3) is 0 Å². The third-order valence-corrected chi connectivity index (χ3v) is 7.24. The van der Waals surface area contributed by atoms with Crippen LogP contribution in [0.3, 0.4) is 0 Å². The van der Waals surface area contributed by atoms with Crippen LogP contribution in [0.4, 0.5) is 5.69 Å². The molecule has 3 aliphatic rings. The fourth-order valence-electron chi connectivity index (χ4n) is 5.66. The summed E-state index contributed by atoms with van der Waals surface area (Å²) in [4.78, 5) is 43.5. The largest absolute Gasteiger partial charge is 0.466 e. The van der Waals surface area contributed by atoms with E-state index in [-0.39, 0.29) is 31.6 Å². The van der Waals surface area contributed by atoms with Gasteiger partial charge in [-0.05, 0) is 51.0 Å². The van der Waals surface area contributed by atoms with Crippen molar-refractivity contribution in [3.05, 3.63) is 41.9 Å². The molecule has 3 saturated heterocycles. The minimum atomic E-state index is -1.15. The van der Waals surface area contributed by atoms with Gasteiger partial charge in [-0.25, -0.2) is 0 Å². The van der Waals surface area contributed by atoms with Crippen molar-refractivity contribution in [3.63, 3.8) is 0 Å². The van der Waals surface area contributed by atoms with Crippen molar-refractivity contribution in [2.75, 3.05) is 24.7 Å². The normalized spacial score (nSPS) is 30.8. The van der Waals surface area contributed by atoms with E-state index >= 15 is 0 Å². The summed E-state index contributed by atoms with van der Waals surface area (Å²) >= 11 is 6.03. The lowest BCUT2D eigenvalue weighted by Crippen LogP contribution is -2.58. The average molecular weight is 477 g/mol. The molecule has 3 heterocycles. The first-order valence-electron chi connectivity index (χ1n) is 11.3. The number of aliphatic hydroxyl groups excluding tert-OH is 1. The highest BCUT2D eigenvalue weighted by Gasteiger charge is 2.75. The van der Waals surface area contributed by atoms with Gasteiger partial charge in [-0.1, -0.05) is 17.7 Å². The van der Waals surface area contributed by atoms with Gasteiger partial charge in [-0.3, -0.25) is 14.4 Å². The van der Waals surface area contributed by atoms with Crippen molar-refractivity contribution in [1.82, 2.24) is 4.90 Å². The minimum absolute atomic E-state index is 0.193. The number of fused-ring (bicyclic) bond motifs is 1. The number of aliphatic hydroxyl groups is 1. The van der Waals surface area contributed by atoms with Gasteiger partial charge < -0.3 is 24.4 Å². The Labute approximate surface area is 198 Å². The molecule has 6 atom stereocenters. The number of carbonyl (C=O) groups is 3. The molecule has 8 nitrogen and oxygen atoms in total. The van der Waals surface area contributed by atoms with Crippen molar-refractivity contribution >= 4 is 35.1 Å². The smallest absolute Gasteiger partial charge is 0.312 e. The van der Waals surface area contributed by atoms with Crippen LogP contribution in [0, 0.1) is 11.8 Å². The topological polar surface area (TPSA) is 96.4 Å². The Balaban J connectivity index is 1.78. The second-order valence-corrected chi connectivity index (χ2v) is 9.24. The van der Waals surface area contributed by atoms with Gasteiger partial charge in [-0.15, -0.1) is 6.58 Å². The van der Waals surface area contributed by atoms with E-state index in [1.807, 2.05) is 0 Å². The fourth-order valence-corrected chi connectivity index (χ4v) is 5.79. The van der Waals surface area contributed by atoms with Crippen molar-refractivity contribution in [3.8, 4) is 0 Å². The van der Waals surface area contributed by atoms with Crippen LogP contribution in [-0.4, -0.2) is 71.3 Å². The molecule has 2 amide bonds. The maximum absolute atomic E-state index is 14.1. The Morgan fingerprint density at radius 3 is 2.73 bits per heavy atom. The monoisotopic (exact) mass is 476 g/mol. The highest BCUT2D eigenvalue weighted by Crippen LogP contribution is 2.59. The van der Waals surface area contributed by atoms with Gasteiger partial charge in [0.25, 0.3) is 5.91 Å². The van der Waals surface area contributed by atoms with Gasteiger partial charge in [0.2, 0.25) is 5.91 Å². The lowest BCUT2D eigenvalue weighted by atomic mass is 9.70. The number of amides is 2. The molecule has 1 aromatic rings. The van der Waals surface area contributed by atoms with Crippen molar-refractivity contribution in [1.29, 1.82) is 0 Å². The van der Waals surface area contributed by atoms with Crippen LogP contribution in [0.5, 0.6) is 0 Å². The highest BCUT2D eigenvalue weighted by molar-refractivity contribution is 6.30. The molecule has 33 heavy (non-hydrogen) atoms. The zero-order chi connectivity index (χ0) is 23.9. The first kappa shape index (κ1) is 23.7. The Hall–Kier alpha value is -2.42. The molecule has 3 aliphatic heterocycles. The van der Waals surface area contributed by atoms with Crippen LogP contribution >= 0.6 is 11.6 Å². The lowest BCUT2D eigenvalue weighted by Gasteiger charge is -2.38. The second kappa shape index (κ2) is 9.08. The Kier molecular flexibility index (Phi) is 6.53. The number of likely N-dealkylation sites (tertiary alicyclic amines) is 1. The molecule has 0 aromatic heterocycles. The summed E-state index contributed by atoms with van der Waals surface area (Å²) in [5.74, 6) is -2.77. The molecule has 2 bridgehead atoms. The minimum Gasteiger partial charge on any atom is -0.466 e. The van der Waals surface area contributed by atoms with Gasteiger partial charge in [-0.2, -0.15) is 0 Å². The summed E-state index contributed by atoms with van der Waals surface area (Å²) in [6.07, 6.45) is 2.16. The molecular weight excluding hydrogens is 448 g/mol. The third-order valence-electron chi connectivity index (χ3n) is 6.99. The van der Waals surface area contributed by atoms with E-state index in [0.717, 1.165) is 0 Å². The third kappa shape index (κ3) is 3.64. The predicted octanol–water partition coefficient (Wildman–Crippen LogP) is 2.18. The SMILES string of the molecule is C=CCN(C(=O)[C@H]1N([C@H](C)CO)C(=O)[C@@H]2[C@@H](C(=O)OCC)[C@H]3CC[C@]21O3)c1ccc(Cl)cc1. The van der Waals surface area contributed by atoms with Gasteiger partial charge in [0.1, 0.15) is 11.6 Å². The zero-order valence-corrected chi connectivity index (χ0v) is 19.5. The van der Waals surface area contributed by atoms with E-state index in [1.165, 1.54) is 9.80 Å². The van der Waals surface area contributed by atoms with Crippen LogP contribution in [0.1, 0.15) is 26.7 Å². The maximum Gasteiger partial charge on any atom is 0.312 e. The summed E-state index contributed by atoms with van der Waals surface area (Å²) in [6.45, 7) is 7.24. The van der Waals surface area contributed by atoms with Crippen LogP contribution in [0.15, 0.2) is 36.9 Å². The standard InChI is InChI=1S/C24H29ClN2O6/c1-4-12-26(16-8-6-15(25)7-9-16)22(30)20-24-11-10-17(33-24)18(23(31)32-5-2)19(24)21(29)27(20)14(3)13-28/h4,6-9,14,17-20,28H,1,5,10-13H2,2-3H3/t14-,17-,18+,19+,20-,24+/m1/s1. The molecule has 1 aromatic carbocycles. The van der Waals surface area contributed by atoms with Gasteiger partial charge in [0.15, 0.2) is 0 Å². The zero-order valence-electron chi connectivity index (χ0n) is 18.8. The highest BCUT2D eigenvalue weighted by atomic mass is 35.5. The summed E-state index contributed by atoms with van der Waals surface area (Å²) < 4.78 is 11.6. The Bertz CT molecular complexity index is 953. The summed E-state index contributed by atoms with van der Waals surface area (Å²) in [7, 11) is 0. The second-order valence-electron chi connectivity index (χ2n) is 8.80. The van der Waals surface area contributed by atoms with Gasteiger partial charge in [0.05, 0.1) is 37.2 Å². The average Bonchev–Trinajstić information content (AvgIpc) is 3.45. The number of hydrogen-bond acceptors (Lipinski definition) is 6. The molecule has 1 N–H and O–H groups in total. The summed E-state index contributed by atoms with van der Waals surface area (Å²) in [5, 5.41) is 10.4. The quantitative estimate of drug-likeness (QED) is 0.456. The molecule has 0 unspecified atom stereocenters. The van der Waals surface area contributed by atoms with Crippen molar-refractivity contribution in [2.45, 2.75) is 50.5 Å². The van der Waals surface area contributed by atoms with Crippen LogP contribution in [0.2, 0.25) is 5.02 Å². The van der Waals surface area contributed by atoms with E-state index in [4.69, 9.17) is 21.1 Å². The molecule has 4 rings (SSSR count). The lowest BCUT2D eigenvalue weighted by molar-refractivity contribution is -0.155. The Morgan fingerprint density at radius 2 is 2.12 bits per heavy atom. The van der Waals surface area contributed by atoms with E-state index in [0.29, 0.717) is 23.6 Å². The van der Waals surface area contributed by atoms with Gasteiger partial charge in [0, 0.05) is 17.3 Å². The molecule has 9 heteroatoms. The number of esters is 1. The molecular formula is C24H29ClN2O6. The van der Waals surface area contributed by atoms with E-state index in [9.17, 15) is 19.5 Å². The van der Waals surface area contributed by atoms with Crippen molar-refractivity contribution < 1.29 is 29.0 Å². The summed E-state index contributed by atoms with van der Waals surface area (Å²) in [6, 6.07) is 5.20. The molecule has 0 saturated carbocycles. The summed E-state index contributed by atoms with van der Waals surface area (Å²) in [5.41, 5.74) is -0.548. The molecule has 178 valence electrons. The molecule has 0 aliphatic carbocycles. The van der Waals surface area contributed by atoms with E-state index in [1.54, 1.807) is 44.2 Å². The van der Waals surface area contributed by atoms with Crippen LogP contribution in [-0.2, 0) is 23.9 Å². The first-order chi connectivity index (χ1) is 15.8. The number of benzene rings is 1. The molecule has 3 fully saturated rings. The number of nitrogens with zero attached hydrogens (tertiary/aromatic N) is 2. The number of anilines is 1. The number of hydrogen-bond donors (Lipinski definition) is 1. The number of carbonyl (C=O) groups excluding carboxylic acids is 3.